The monoisotopic (exact) mass is 338 g/mol. The summed E-state index contributed by atoms with van der Waals surface area (Å²) in [6.07, 6.45) is -0.521. The molecule has 1 aromatic rings. The zero-order valence-electron chi connectivity index (χ0n) is 13.9. The third kappa shape index (κ3) is 6.23. The highest BCUT2D eigenvalue weighted by atomic mass is 32.1. The number of ether oxygens (including phenoxy) is 2. The van der Waals surface area contributed by atoms with Crippen molar-refractivity contribution >= 4 is 35.0 Å². The Morgan fingerprint density at radius 1 is 0.957 bits per heavy atom. The van der Waals surface area contributed by atoms with Gasteiger partial charge in [-0.15, -0.1) is 0 Å². The molecule has 0 spiro atoms. The van der Waals surface area contributed by atoms with E-state index in [1.165, 1.54) is 6.07 Å². The summed E-state index contributed by atoms with van der Waals surface area (Å²) in [7, 11) is 1.67. The average Bonchev–Trinajstić information content (AvgIpc) is 2.45. The van der Waals surface area contributed by atoms with Gasteiger partial charge in [-0.1, -0.05) is 0 Å². The first kappa shape index (κ1) is 18.9. The second-order valence-electron chi connectivity index (χ2n) is 5.41. The van der Waals surface area contributed by atoms with Gasteiger partial charge in [-0.3, -0.25) is 0 Å². The molecule has 6 nitrogen and oxygen atoms in total. The fourth-order valence-corrected chi connectivity index (χ4v) is 1.81. The SMILES string of the molecule is CNC(=S)Nc1cc(C(=O)OC(C)C)cc(C(=O)OC(C)C)c1. The summed E-state index contributed by atoms with van der Waals surface area (Å²) >= 11 is 5.04. The number of rotatable bonds is 5. The van der Waals surface area contributed by atoms with Crippen molar-refractivity contribution in [2.75, 3.05) is 12.4 Å². The lowest BCUT2D eigenvalue weighted by Gasteiger charge is -2.14. The van der Waals surface area contributed by atoms with Crippen LogP contribution in [0.15, 0.2) is 18.2 Å². The van der Waals surface area contributed by atoms with Crippen molar-refractivity contribution < 1.29 is 19.1 Å². The largest absolute Gasteiger partial charge is 0.459 e. The van der Waals surface area contributed by atoms with Crippen LogP contribution < -0.4 is 10.6 Å². The second-order valence-corrected chi connectivity index (χ2v) is 5.82. The third-order valence-electron chi connectivity index (χ3n) is 2.57. The number of carbonyl (C=O) groups excluding carboxylic acids is 2. The maximum absolute atomic E-state index is 12.1. The molecular formula is C16H22N2O4S. The Labute approximate surface area is 141 Å². The summed E-state index contributed by atoms with van der Waals surface area (Å²) in [6.45, 7) is 7.02. The molecule has 126 valence electrons. The highest BCUT2D eigenvalue weighted by molar-refractivity contribution is 7.80. The van der Waals surface area contributed by atoms with Gasteiger partial charge >= 0.3 is 11.9 Å². The van der Waals surface area contributed by atoms with Crippen molar-refractivity contribution in [3.63, 3.8) is 0 Å². The van der Waals surface area contributed by atoms with Gasteiger partial charge in [0.2, 0.25) is 0 Å². The normalized spacial score (nSPS) is 10.4. The van der Waals surface area contributed by atoms with Crippen molar-refractivity contribution in [1.82, 2.24) is 5.32 Å². The molecule has 0 fully saturated rings. The van der Waals surface area contributed by atoms with Gasteiger partial charge < -0.3 is 20.1 Å². The van der Waals surface area contributed by atoms with Gasteiger partial charge in [0.1, 0.15) is 0 Å². The second kappa shape index (κ2) is 8.47. The first-order chi connectivity index (χ1) is 10.7. The minimum atomic E-state index is -0.516. The van der Waals surface area contributed by atoms with E-state index in [0.29, 0.717) is 10.8 Å². The van der Waals surface area contributed by atoms with Crippen LogP contribution in [0.3, 0.4) is 0 Å². The molecule has 2 N–H and O–H groups in total. The molecule has 1 rings (SSSR count). The van der Waals surface area contributed by atoms with E-state index in [0.717, 1.165) is 0 Å². The minimum Gasteiger partial charge on any atom is -0.459 e. The van der Waals surface area contributed by atoms with Gasteiger partial charge in [-0.25, -0.2) is 9.59 Å². The molecule has 0 heterocycles. The lowest BCUT2D eigenvalue weighted by atomic mass is 10.1. The van der Waals surface area contributed by atoms with Gasteiger partial charge in [0.05, 0.1) is 23.3 Å². The summed E-state index contributed by atoms with van der Waals surface area (Å²) in [5.74, 6) is -1.03. The lowest BCUT2D eigenvalue weighted by molar-refractivity contribution is 0.0378. The van der Waals surface area contributed by atoms with Crippen molar-refractivity contribution in [1.29, 1.82) is 0 Å². The summed E-state index contributed by atoms with van der Waals surface area (Å²) in [4.78, 5) is 24.2. The Morgan fingerprint density at radius 3 is 1.74 bits per heavy atom. The first-order valence-corrected chi connectivity index (χ1v) is 7.69. The molecular weight excluding hydrogens is 316 g/mol. The number of benzene rings is 1. The van der Waals surface area contributed by atoms with Crippen LogP contribution in [0.2, 0.25) is 0 Å². The molecule has 0 saturated carbocycles. The molecule has 0 aliphatic heterocycles. The predicted octanol–water partition coefficient (Wildman–Crippen LogP) is 2.73. The van der Waals surface area contributed by atoms with Crippen molar-refractivity contribution in [3.8, 4) is 0 Å². The Morgan fingerprint density at radius 2 is 1.39 bits per heavy atom. The van der Waals surface area contributed by atoms with Crippen LogP contribution in [-0.2, 0) is 9.47 Å². The number of esters is 2. The smallest absolute Gasteiger partial charge is 0.338 e. The summed E-state index contributed by atoms with van der Waals surface area (Å²) in [5, 5.41) is 6.02. The Hall–Kier alpha value is -2.15. The number of hydrogen-bond acceptors (Lipinski definition) is 5. The highest BCUT2D eigenvalue weighted by Gasteiger charge is 2.17. The molecule has 1 aromatic carbocycles. The van der Waals surface area contributed by atoms with Crippen LogP contribution in [0, 0.1) is 0 Å². The average molecular weight is 338 g/mol. The van der Waals surface area contributed by atoms with E-state index in [-0.39, 0.29) is 23.3 Å². The predicted molar refractivity (Wildman–Crippen MR) is 92.8 cm³/mol. The lowest BCUT2D eigenvalue weighted by Crippen LogP contribution is -2.24. The first-order valence-electron chi connectivity index (χ1n) is 7.28. The molecule has 0 aliphatic rings. The van der Waals surface area contributed by atoms with Crippen LogP contribution in [0.4, 0.5) is 5.69 Å². The maximum atomic E-state index is 12.1. The molecule has 0 aliphatic carbocycles. The van der Waals surface area contributed by atoms with Gasteiger partial charge in [-0.2, -0.15) is 0 Å². The number of hydrogen-bond donors (Lipinski definition) is 2. The Balaban J connectivity index is 3.18. The third-order valence-corrected chi connectivity index (χ3v) is 2.88. The molecule has 0 radical (unpaired) electrons. The van der Waals surface area contributed by atoms with E-state index in [4.69, 9.17) is 21.7 Å². The molecule has 0 amide bonds. The zero-order chi connectivity index (χ0) is 17.6. The number of carbonyl (C=O) groups is 2. The van der Waals surface area contributed by atoms with Crippen molar-refractivity contribution in [2.45, 2.75) is 39.9 Å². The van der Waals surface area contributed by atoms with Crippen LogP contribution in [0.5, 0.6) is 0 Å². The summed E-state index contributed by atoms with van der Waals surface area (Å²) < 4.78 is 10.3. The fourth-order valence-electron chi connectivity index (χ4n) is 1.69. The Bertz CT molecular complexity index is 559. The van der Waals surface area contributed by atoms with E-state index < -0.39 is 11.9 Å². The quantitative estimate of drug-likeness (QED) is 0.631. The van der Waals surface area contributed by atoms with Gasteiger partial charge in [0, 0.05) is 12.7 Å². The molecule has 0 atom stereocenters. The maximum Gasteiger partial charge on any atom is 0.338 e. The Kier molecular flexibility index (Phi) is 6.96. The van der Waals surface area contributed by atoms with Crippen LogP contribution in [-0.4, -0.2) is 36.3 Å². The molecule has 0 unspecified atom stereocenters. The topological polar surface area (TPSA) is 76.7 Å². The van der Waals surface area contributed by atoms with Crippen molar-refractivity contribution in [3.05, 3.63) is 29.3 Å². The van der Waals surface area contributed by atoms with Crippen LogP contribution in [0.1, 0.15) is 48.4 Å². The molecule has 23 heavy (non-hydrogen) atoms. The number of nitrogens with one attached hydrogen (secondary N) is 2. The van der Waals surface area contributed by atoms with Crippen LogP contribution in [0.25, 0.3) is 0 Å². The zero-order valence-corrected chi connectivity index (χ0v) is 14.7. The van der Waals surface area contributed by atoms with E-state index in [2.05, 4.69) is 10.6 Å². The fraction of sp³-hybridized carbons (Fsp3) is 0.438. The summed E-state index contributed by atoms with van der Waals surface area (Å²) in [6, 6.07) is 4.59. The molecule has 7 heteroatoms. The highest BCUT2D eigenvalue weighted by Crippen LogP contribution is 2.18. The minimum absolute atomic E-state index is 0.248. The van der Waals surface area contributed by atoms with E-state index in [1.54, 1.807) is 46.9 Å². The molecule has 0 saturated heterocycles. The van der Waals surface area contributed by atoms with Crippen molar-refractivity contribution in [2.24, 2.45) is 0 Å². The molecule has 0 bridgehead atoms. The van der Waals surface area contributed by atoms with Gasteiger partial charge in [0.25, 0.3) is 0 Å². The van der Waals surface area contributed by atoms with Gasteiger partial charge in [-0.05, 0) is 58.1 Å². The standard InChI is InChI=1S/C16H22N2O4S/c1-9(2)21-14(19)11-6-12(15(20)22-10(3)4)8-13(7-11)18-16(23)17-5/h6-10H,1-5H3,(H2,17,18,23). The van der Waals surface area contributed by atoms with E-state index >= 15 is 0 Å². The molecule has 0 aromatic heterocycles. The van der Waals surface area contributed by atoms with E-state index in [9.17, 15) is 9.59 Å². The van der Waals surface area contributed by atoms with Crippen LogP contribution >= 0.6 is 12.2 Å². The van der Waals surface area contributed by atoms with E-state index in [1.807, 2.05) is 0 Å². The van der Waals surface area contributed by atoms with Gasteiger partial charge in [0.15, 0.2) is 5.11 Å². The number of thiocarbonyl (C=S) groups is 1. The summed E-state index contributed by atoms with van der Waals surface area (Å²) in [5.41, 5.74) is 0.995. The number of anilines is 1.